The van der Waals surface area contributed by atoms with Crippen molar-refractivity contribution in [1.29, 1.82) is 0 Å². The number of carbonyl (C=O) groups excluding carboxylic acids is 1. The summed E-state index contributed by atoms with van der Waals surface area (Å²) in [6, 6.07) is 7.58. The van der Waals surface area contributed by atoms with Crippen molar-refractivity contribution in [3.05, 3.63) is 57.7 Å². The predicted molar refractivity (Wildman–Crippen MR) is 111 cm³/mol. The van der Waals surface area contributed by atoms with E-state index in [0.29, 0.717) is 38.8 Å². The Morgan fingerprint density at radius 3 is 2.53 bits per heavy atom. The molecule has 0 fully saturated rings. The molecule has 0 radical (unpaired) electrons. The van der Waals surface area contributed by atoms with Crippen LogP contribution in [0.3, 0.4) is 0 Å². The number of H-pyrrole nitrogens is 2. The van der Waals surface area contributed by atoms with Crippen molar-refractivity contribution < 1.29 is 22.4 Å². The summed E-state index contributed by atoms with van der Waals surface area (Å²) in [4.78, 5) is 28.8. The second kappa shape index (κ2) is 7.06. The lowest BCUT2D eigenvalue weighted by molar-refractivity contribution is 0.0491. The van der Waals surface area contributed by atoms with E-state index in [-0.39, 0.29) is 23.0 Å². The number of sulfonamides is 1. The summed E-state index contributed by atoms with van der Waals surface area (Å²) in [6.07, 6.45) is 0. The molecule has 0 amide bonds. The Morgan fingerprint density at radius 1 is 1.13 bits per heavy atom. The Kier molecular flexibility index (Phi) is 4.65. The molecule has 2 heterocycles. The zero-order valence-corrected chi connectivity index (χ0v) is 17.3. The summed E-state index contributed by atoms with van der Waals surface area (Å²) in [6.45, 7) is 5.30. The van der Waals surface area contributed by atoms with Gasteiger partial charge in [-0.1, -0.05) is 0 Å². The van der Waals surface area contributed by atoms with Crippen LogP contribution in [0.2, 0.25) is 0 Å². The van der Waals surface area contributed by atoms with Crippen molar-refractivity contribution in [2.45, 2.75) is 25.7 Å². The number of rotatable bonds is 5. The first kappa shape index (κ1) is 19.8. The molecule has 0 spiro atoms. The van der Waals surface area contributed by atoms with E-state index in [2.05, 4.69) is 14.7 Å². The minimum absolute atomic E-state index is 0.0105. The monoisotopic (exact) mass is 429 g/mol. The summed E-state index contributed by atoms with van der Waals surface area (Å²) in [7, 11) is -3.94. The number of benzene rings is 2. The van der Waals surface area contributed by atoms with E-state index in [1.165, 1.54) is 18.2 Å². The van der Waals surface area contributed by atoms with E-state index in [1.807, 2.05) is 0 Å². The molecular formula is C20H19N3O6S. The van der Waals surface area contributed by atoms with Gasteiger partial charge < -0.3 is 19.1 Å². The molecule has 0 aliphatic heterocycles. The van der Waals surface area contributed by atoms with Crippen LogP contribution in [-0.2, 0) is 14.8 Å². The maximum Gasteiger partial charge on any atom is 0.374 e. The Balaban J connectivity index is 1.73. The molecule has 3 N–H and O–H groups in total. The summed E-state index contributed by atoms with van der Waals surface area (Å²) < 4.78 is 39.0. The topological polar surface area (TPSA) is 134 Å². The molecule has 0 aliphatic rings. The van der Waals surface area contributed by atoms with E-state index >= 15 is 0 Å². The SMILES string of the molecule is CCOC(=O)c1oc2ccc(S(=O)(=O)Nc3cc4[nH]c(=O)[nH]c4cc3C)cc2c1C. The van der Waals surface area contributed by atoms with Crippen LogP contribution in [0.4, 0.5) is 5.69 Å². The highest BCUT2D eigenvalue weighted by atomic mass is 32.2. The van der Waals surface area contributed by atoms with Crippen molar-refractivity contribution in [3.63, 3.8) is 0 Å². The number of imidazole rings is 1. The highest BCUT2D eigenvalue weighted by Crippen LogP contribution is 2.30. The van der Waals surface area contributed by atoms with Crippen molar-refractivity contribution in [1.82, 2.24) is 9.97 Å². The largest absolute Gasteiger partial charge is 0.460 e. The third-order valence-electron chi connectivity index (χ3n) is 4.78. The fourth-order valence-electron chi connectivity index (χ4n) is 3.26. The van der Waals surface area contributed by atoms with E-state index in [4.69, 9.17) is 9.15 Å². The van der Waals surface area contributed by atoms with Crippen molar-refractivity contribution >= 4 is 43.7 Å². The molecule has 30 heavy (non-hydrogen) atoms. The number of carbonyl (C=O) groups is 1. The average molecular weight is 429 g/mol. The Labute approximate surface area is 171 Å². The first-order chi connectivity index (χ1) is 14.2. The average Bonchev–Trinajstić information content (AvgIpc) is 3.20. The number of hydrogen-bond acceptors (Lipinski definition) is 6. The van der Waals surface area contributed by atoms with Crippen molar-refractivity contribution in [2.75, 3.05) is 11.3 Å². The molecule has 10 heteroatoms. The molecule has 0 saturated carbocycles. The molecule has 0 unspecified atom stereocenters. The molecule has 4 aromatic rings. The van der Waals surface area contributed by atoms with Gasteiger partial charge in [-0.3, -0.25) is 4.72 Å². The second-order valence-electron chi connectivity index (χ2n) is 6.83. The van der Waals surface area contributed by atoms with Crippen LogP contribution >= 0.6 is 0 Å². The van der Waals surface area contributed by atoms with E-state index in [1.54, 1.807) is 32.9 Å². The van der Waals surface area contributed by atoms with Crippen LogP contribution in [0.15, 0.2) is 44.4 Å². The highest BCUT2D eigenvalue weighted by molar-refractivity contribution is 7.92. The van der Waals surface area contributed by atoms with Crippen molar-refractivity contribution in [3.8, 4) is 0 Å². The number of aromatic nitrogens is 2. The van der Waals surface area contributed by atoms with Gasteiger partial charge in [-0.15, -0.1) is 0 Å². The number of fused-ring (bicyclic) bond motifs is 2. The maximum absolute atomic E-state index is 13.0. The number of hydrogen-bond donors (Lipinski definition) is 3. The number of aryl methyl sites for hydroxylation is 2. The van der Waals surface area contributed by atoms with E-state index in [9.17, 15) is 18.0 Å². The normalized spacial score (nSPS) is 11.8. The van der Waals surface area contributed by atoms with Crippen LogP contribution in [0.1, 0.15) is 28.6 Å². The zero-order valence-electron chi connectivity index (χ0n) is 16.5. The van der Waals surface area contributed by atoms with Gasteiger partial charge in [0, 0.05) is 10.9 Å². The first-order valence-corrected chi connectivity index (χ1v) is 10.6. The summed E-state index contributed by atoms with van der Waals surface area (Å²) >= 11 is 0. The lowest BCUT2D eigenvalue weighted by atomic mass is 10.1. The lowest BCUT2D eigenvalue weighted by Crippen LogP contribution is -2.13. The first-order valence-electron chi connectivity index (χ1n) is 9.15. The number of esters is 1. The highest BCUT2D eigenvalue weighted by Gasteiger charge is 2.22. The van der Waals surface area contributed by atoms with E-state index in [0.717, 1.165) is 0 Å². The van der Waals surface area contributed by atoms with Gasteiger partial charge in [0.2, 0.25) is 5.76 Å². The summed E-state index contributed by atoms with van der Waals surface area (Å²) in [5.74, 6) is -0.551. The van der Waals surface area contributed by atoms with Gasteiger partial charge in [-0.05, 0) is 56.7 Å². The van der Waals surface area contributed by atoms with Gasteiger partial charge in [0.1, 0.15) is 5.58 Å². The Bertz CT molecular complexity index is 1460. The summed E-state index contributed by atoms with van der Waals surface area (Å²) in [5.41, 5.74) is 2.58. The minimum atomic E-state index is -3.94. The van der Waals surface area contributed by atoms with Crippen LogP contribution in [-0.4, -0.2) is 31.0 Å². The number of anilines is 1. The number of aromatic amines is 2. The zero-order chi connectivity index (χ0) is 21.6. The van der Waals surface area contributed by atoms with Crippen LogP contribution in [0.5, 0.6) is 0 Å². The molecule has 0 atom stereocenters. The maximum atomic E-state index is 13.0. The van der Waals surface area contributed by atoms with Gasteiger partial charge in [-0.25, -0.2) is 18.0 Å². The molecular weight excluding hydrogens is 410 g/mol. The quantitative estimate of drug-likeness (QED) is 0.417. The fraction of sp³-hybridized carbons (Fsp3) is 0.200. The van der Waals surface area contributed by atoms with Crippen LogP contribution < -0.4 is 10.4 Å². The van der Waals surface area contributed by atoms with Gasteiger partial charge >= 0.3 is 11.7 Å². The number of furan rings is 1. The van der Waals surface area contributed by atoms with Crippen LogP contribution in [0.25, 0.3) is 22.0 Å². The minimum Gasteiger partial charge on any atom is -0.460 e. The smallest absolute Gasteiger partial charge is 0.374 e. The predicted octanol–water partition coefficient (Wildman–Crippen LogP) is 3.20. The lowest BCUT2D eigenvalue weighted by Gasteiger charge is -2.11. The molecule has 9 nitrogen and oxygen atoms in total. The standard InChI is InChI=1S/C20H19N3O6S/c1-4-28-19(24)18-11(3)13-8-12(5-6-17(13)29-18)30(26,27)23-14-9-16-15(7-10(14)2)21-20(25)22-16/h5-9,23H,4H2,1-3H3,(H2,21,22,25). The van der Waals surface area contributed by atoms with Gasteiger partial charge in [0.05, 0.1) is 28.2 Å². The van der Waals surface area contributed by atoms with E-state index < -0.39 is 16.0 Å². The molecule has 156 valence electrons. The summed E-state index contributed by atoms with van der Waals surface area (Å²) in [5, 5.41) is 0.503. The third kappa shape index (κ3) is 3.35. The van der Waals surface area contributed by atoms with Gasteiger partial charge in [-0.2, -0.15) is 0 Å². The number of ether oxygens (including phenoxy) is 1. The molecule has 2 aromatic heterocycles. The number of nitrogens with one attached hydrogen (secondary N) is 3. The fourth-order valence-corrected chi connectivity index (χ4v) is 4.41. The Morgan fingerprint density at radius 2 is 1.83 bits per heavy atom. The second-order valence-corrected chi connectivity index (χ2v) is 8.51. The van der Waals surface area contributed by atoms with Crippen LogP contribution in [0, 0.1) is 13.8 Å². The van der Waals surface area contributed by atoms with Gasteiger partial charge in [0.15, 0.2) is 0 Å². The molecule has 2 aromatic carbocycles. The molecule has 0 bridgehead atoms. The van der Waals surface area contributed by atoms with Crippen molar-refractivity contribution in [2.24, 2.45) is 0 Å². The molecule has 0 saturated heterocycles. The molecule has 0 aliphatic carbocycles. The van der Waals surface area contributed by atoms with Gasteiger partial charge in [0.25, 0.3) is 10.0 Å². The Hall–Kier alpha value is -3.53. The third-order valence-corrected chi connectivity index (χ3v) is 6.15. The molecule has 4 rings (SSSR count).